The van der Waals surface area contributed by atoms with Crippen LogP contribution in [0.4, 0.5) is 5.69 Å². The third kappa shape index (κ3) is 3.65. The molecule has 1 aliphatic heterocycles. The molecular formula is C21H21ClN4O3. The van der Waals surface area contributed by atoms with Crippen molar-refractivity contribution in [1.29, 1.82) is 0 Å². The summed E-state index contributed by atoms with van der Waals surface area (Å²) in [6.07, 6.45) is 1.94. The molecule has 2 aromatic carbocycles. The predicted molar refractivity (Wildman–Crippen MR) is 112 cm³/mol. The van der Waals surface area contributed by atoms with Gasteiger partial charge in [0.25, 0.3) is 5.91 Å². The summed E-state index contributed by atoms with van der Waals surface area (Å²) >= 11 is 6.09. The average molecular weight is 413 g/mol. The van der Waals surface area contributed by atoms with E-state index < -0.39 is 0 Å². The molecule has 1 aromatic heterocycles. The molecule has 0 bridgehead atoms. The molecule has 8 heteroatoms. The normalized spacial score (nSPS) is 13.8. The third-order valence-corrected chi connectivity index (χ3v) is 5.47. The average Bonchev–Trinajstić information content (AvgIpc) is 3.33. The maximum absolute atomic E-state index is 12.8. The molecule has 2 amide bonds. The number of carbonyl (C=O) groups is 2. The first-order valence-electron chi connectivity index (χ1n) is 9.48. The van der Waals surface area contributed by atoms with Crippen LogP contribution in [0.25, 0.3) is 11.0 Å². The van der Waals surface area contributed by atoms with Gasteiger partial charge in [-0.05, 0) is 43.2 Å². The van der Waals surface area contributed by atoms with Gasteiger partial charge >= 0.3 is 5.69 Å². The first-order valence-corrected chi connectivity index (χ1v) is 9.86. The first kappa shape index (κ1) is 19.3. The molecule has 4 rings (SSSR count). The molecule has 2 heterocycles. The number of rotatable bonds is 4. The number of anilines is 1. The highest BCUT2D eigenvalue weighted by Gasteiger charge is 2.23. The molecule has 0 radical (unpaired) electrons. The van der Waals surface area contributed by atoms with E-state index in [4.69, 9.17) is 11.6 Å². The van der Waals surface area contributed by atoms with E-state index in [1.807, 2.05) is 18.2 Å². The van der Waals surface area contributed by atoms with Crippen LogP contribution in [0.3, 0.4) is 0 Å². The van der Waals surface area contributed by atoms with Crippen LogP contribution in [0.1, 0.15) is 23.2 Å². The lowest BCUT2D eigenvalue weighted by Gasteiger charge is -2.18. The predicted octanol–water partition coefficient (Wildman–Crippen LogP) is 2.87. The van der Waals surface area contributed by atoms with Crippen LogP contribution in [0.5, 0.6) is 0 Å². The number of hydrogen-bond donors (Lipinski definition) is 1. The fraction of sp³-hybridized carbons (Fsp3) is 0.286. The monoisotopic (exact) mass is 412 g/mol. The standard InChI is InChI=1S/C21H21ClN4O3/c1-24-17-6-2-3-7-18(17)26(21(24)29)13-19(27)23-16-9-8-14(22)12-15(16)20(28)25-10-4-5-11-25/h2-3,6-9,12H,4-5,10-11,13H2,1H3,(H,23,27). The number of amides is 2. The van der Waals surface area contributed by atoms with Crippen molar-refractivity contribution in [1.82, 2.24) is 14.0 Å². The fourth-order valence-electron chi connectivity index (χ4n) is 3.74. The van der Waals surface area contributed by atoms with Gasteiger partial charge < -0.3 is 10.2 Å². The summed E-state index contributed by atoms with van der Waals surface area (Å²) in [4.78, 5) is 39.9. The van der Waals surface area contributed by atoms with Gasteiger partial charge in [0, 0.05) is 25.2 Å². The highest BCUT2D eigenvalue weighted by atomic mass is 35.5. The van der Waals surface area contributed by atoms with Crippen molar-refractivity contribution < 1.29 is 9.59 Å². The Balaban J connectivity index is 1.61. The number of hydrogen-bond acceptors (Lipinski definition) is 3. The van der Waals surface area contributed by atoms with E-state index in [9.17, 15) is 14.4 Å². The maximum atomic E-state index is 12.8. The lowest BCUT2D eigenvalue weighted by atomic mass is 10.1. The van der Waals surface area contributed by atoms with E-state index in [1.54, 1.807) is 36.2 Å². The molecule has 1 fully saturated rings. The summed E-state index contributed by atoms with van der Waals surface area (Å²) in [5.41, 5.74) is 1.91. The SMILES string of the molecule is Cn1c(=O)n(CC(=O)Nc2ccc(Cl)cc2C(=O)N2CCCC2)c2ccccc21. The zero-order valence-electron chi connectivity index (χ0n) is 16.0. The van der Waals surface area contributed by atoms with Crippen LogP contribution in [0, 0.1) is 0 Å². The molecule has 150 valence electrons. The number of imidazole rings is 1. The summed E-state index contributed by atoms with van der Waals surface area (Å²) in [7, 11) is 1.67. The van der Waals surface area contributed by atoms with E-state index in [0.29, 0.717) is 34.9 Å². The van der Waals surface area contributed by atoms with E-state index in [1.165, 1.54) is 9.13 Å². The van der Waals surface area contributed by atoms with E-state index in [2.05, 4.69) is 5.32 Å². The maximum Gasteiger partial charge on any atom is 0.329 e. The molecule has 7 nitrogen and oxygen atoms in total. The molecule has 0 atom stereocenters. The van der Waals surface area contributed by atoms with Crippen molar-refractivity contribution in [3.8, 4) is 0 Å². The number of nitrogens with one attached hydrogen (secondary N) is 1. The van der Waals surface area contributed by atoms with Gasteiger partial charge in [0.05, 0.1) is 22.3 Å². The van der Waals surface area contributed by atoms with Gasteiger partial charge in [0.15, 0.2) is 0 Å². The lowest BCUT2D eigenvalue weighted by molar-refractivity contribution is -0.116. The molecule has 1 N–H and O–H groups in total. The molecule has 3 aromatic rings. The van der Waals surface area contributed by atoms with Crippen molar-refractivity contribution in [3.63, 3.8) is 0 Å². The van der Waals surface area contributed by atoms with Gasteiger partial charge in [-0.15, -0.1) is 0 Å². The Kier molecular flexibility index (Phi) is 5.15. The van der Waals surface area contributed by atoms with Gasteiger partial charge in [-0.3, -0.25) is 18.7 Å². The van der Waals surface area contributed by atoms with Crippen LogP contribution in [-0.2, 0) is 18.4 Å². The Bertz CT molecular complexity index is 1160. The molecule has 1 saturated heterocycles. The number of nitrogens with zero attached hydrogens (tertiary/aromatic N) is 3. The number of halogens is 1. The van der Waals surface area contributed by atoms with Crippen LogP contribution in [-0.4, -0.2) is 38.9 Å². The molecule has 0 aliphatic carbocycles. The largest absolute Gasteiger partial charge is 0.339 e. The summed E-state index contributed by atoms with van der Waals surface area (Å²) in [6, 6.07) is 12.1. The number of carbonyl (C=O) groups excluding carboxylic acids is 2. The summed E-state index contributed by atoms with van der Waals surface area (Å²) in [5, 5.41) is 3.20. The summed E-state index contributed by atoms with van der Waals surface area (Å²) in [6.45, 7) is 1.24. The molecule has 0 unspecified atom stereocenters. The van der Waals surface area contributed by atoms with Crippen molar-refractivity contribution in [2.75, 3.05) is 18.4 Å². The summed E-state index contributed by atoms with van der Waals surface area (Å²) in [5.74, 6) is -0.538. The van der Waals surface area contributed by atoms with Crippen molar-refractivity contribution >= 4 is 40.1 Å². The minimum Gasteiger partial charge on any atom is -0.339 e. The molecule has 0 saturated carbocycles. The second kappa shape index (κ2) is 7.75. The zero-order chi connectivity index (χ0) is 20.5. The van der Waals surface area contributed by atoms with Crippen molar-refractivity contribution in [3.05, 3.63) is 63.5 Å². The van der Waals surface area contributed by atoms with Crippen molar-refractivity contribution in [2.45, 2.75) is 19.4 Å². The van der Waals surface area contributed by atoms with Gasteiger partial charge in [-0.25, -0.2) is 4.79 Å². The number of aromatic nitrogens is 2. The van der Waals surface area contributed by atoms with Crippen LogP contribution < -0.4 is 11.0 Å². The van der Waals surface area contributed by atoms with Crippen LogP contribution in [0.2, 0.25) is 5.02 Å². The van der Waals surface area contributed by atoms with Gasteiger partial charge in [0.1, 0.15) is 6.54 Å². The lowest BCUT2D eigenvalue weighted by Crippen LogP contribution is -2.31. The second-order valence-corrected chi connectivity index (χ2v) is 7.59. The number of aryl methyl sites for hydroxylation is 1. The topological polar surface area (TPSA) is 76.3 Å². The number of benzene rings is 2. The minimum atomic E-state index is -0.388. The Hall–Kier alpha value is -3.06. The fourth-order valence-corrected chi connectivity index (χ4v) is 3.91. The van der Waals surface area contributed by atoms with E-state index in [0.717, 1.165) is 18.4 Å². The van der Waals surface area contributed by atoms with E-state index >= 15 is 0 Å². The van der Waals surface area contributed by atoms with E-state index in [-0.39, 0.29) is 24.0 Å². The Morgan fingerprint density at radius 2 is 1.76 bits per heavy atom. The molecule has 1 aliphatic rings. The number of likely N-dealkylation sites (tertiary alicyclic amines) is 1. The second-order valence-electron chi connectivity index (χ2n) is 7.15. The number of fused-ring (bicyclic) bond motifs is 1. The minimum absolute atomic E-state index is 0.150. The van der Waals surface area contributed by atoms with Gasteiger partial charge in [-0.1, -0.05) is 23.7 Å². The summed E-state index contributed by atoms with van der Waals surface area (Å²) < 4.78 is 2.93. The smallest absolute Gasteiger partial charge is 0.329 e. The molecule has 0 spiro atoms. The van der Waals surface area contributed by atoms with Crippen molar-refractivity contribution in [2.24, 2.45) is 7.05 Å². The zero-order valence-corrected chi connectivity index (χ0v) is 16.8. The Morgan fingerprint density at radius 3 is 2.48 bits per heavy atom. The van der Waals surface area contributed by atoms with Gasteiger partial charge in [-0.2, -0.15) is 0 Å². The quantitative estimate of drug-likeness (QED) is 0.715. The molecule has 29 heavy (non-hydrogen) atoms. The third-order valence-electron chi connectivity index (χ3n) is 5.23. The highest BCUT2D eigenvalue weighted by molar-refractivity contribution is 6.31. The Morgan fingerprint density at radius 1 is 1.07 bits per heavy atom. The van der Waals surface area contributed by atoms with Gasteiger partial charge in [0.2, 0.25) is 5.91 Å². The number of para-hydroxylation sites is 2. The van der Waals surface area contributed by atoms with Crippen LogP contribution in [0.15, 0.2) is 47.3 Å². The molecular weight excluding hydrogens is 392 g/mol. The first-order chi connectivity index (χ1) is 14.0. The highest BCUT2D eigenvalue weighted by Crippen LogP contribution is 2.24. The Labute approximate surface area is 172 Å². The van der Waals surface area contributed by atoms with Crippen LogP contribution >= 0.6 is 11.6 Å².